The van der Waals surface area contributed by atoms with Gasteiger partial charge >= 0.3 is 0 Å². The molecular weight excluding hydrogens is 374 g/mol. The summed E-state index contributed by atoms with van der Waals surface area (Å²) in [7, 11) is 0. The number of benzene rings is 3. The van der Waals surface area contributed by atoms with Crippen molar-refractivity contribution in [1.82, 2.24) is 4.90 Å². The lowest BCUT2D eigenvalue weighted by Crippen LogP contribution is -2.26. The first-order valence-electron chi connectivity index (χ1n) is 9.90. The van der Waals surface area contributed by atoms with Gasteiger partial charge in [-0.05, 0) is 48.4 Å². The Balaban J connectivity index is 1.54. The number of aromatic hydroxyl groups is 1. The van der Waals surface area contributed by atoms with E-state index in [1.54, 1.807) is 24.0 Å². The molecule has 0 radical (unpaired) electrons. The zero-order valence-electron chi connectivity index (χ0n) is 16.8. The van der Waals surface area contributed by atoms with E-state index in [0.29, 0.717) is 24.2 Å². The smallest absolute Gasteiger partial charge is 0.254 e. The summed E-state index contributed by atoms with van der Waals surface area (Å²) in [4.78, 5) is 14.8. The van der Waals surface area contributed by atoms with Gasteiger partial charge in [0.1, 0.15) is 11.4 Å². The summed E-state index contributed by atoms with van der Waals surface area (Å²) in [6.07, 6.45) is 0.127. The van der Waals surface area contributed by atoms with Gasteiger partial charge in [-0.2, -0.15) is 0 Å². The maximum atomic E-state index is 13.0. The molecule has 150 valence electrons. The molecule has 1 atom stereocenters. The van der Waals surface area contributed by atoms with Crippen LogP contribution in [0.25, 0.3) is 0 Å². The molecule has 3 aromatic carbocycles. The van der Waals surface area contributed by atoms with Gasteiger partial charge in [-0.3, -0.25) is 4.79 Å². The van der Waals surface area contributed by atoms with Crippen molar-refractivity contribution in [2.45, 2.75) is 32.0 Å². The topological polar surface area (TPSA) is 60.8 Å². The van der Waals surface area contributed by atoms with E-state index in [-0.39, 0.29) is 18.1 Å². The number of aliphatic hydroxyl groups is 1. The first-order valence-corrected chi connectivity index (χ1v) is 9.90. The average molecular weight is 397 g/mol. The summed E-state index contributed by atoms with van der Waals surface area (Å²) >= 11 is 0. The van der Waals surface area contributed by atoms with Crippen LogP contribution < -0.4 is 0 Å². The van der Waals surface area contributed by atoms with Gasteiger partial charge < -0.3 is 15.1 Å². The molecule has 0 fully saturated rings. The lowest BCUT2D eigenvalue weighted by molar-refractivity contribution is 0.0600. The van der Waals surface area contributed by atoms with Gasteiger partial charge in [0, 0.05) is 36.2 Å². The standard InChI is InChI=1S/C26H23NO3/c1-26(30,15-7-10-19-8-3-2-4-9-19)23-16-20(13-14-24(23)28)25(29)27-17-21-11-5-6-12-22(21)18-27/h2-6,8-9,11-14,16,28,30H,15,17-18H2,1H3. The molecule has 1 aliphatic rings. The zero-order valence-corrected chi connectivity index (χ0v) is 16.8. The molecule has 4 rings (SSSR count). The predicted octanol–water partition coefficient (Wildman–Crippen LogP) is 4.20. The Hall–Kier alpha value is -3.55. The Bertz CT molecular complexity index is 1110. The fraction of sp³-hybridized carbons (Fsp3) is 0.192. The van der Waals surface area contributed by atoms with Crippen molar-refractivity contribution in [2.24, 2.45) is 0 Å². The highest BCUT2D eigenvalue weighted by molar-refractivity contribution is 5.95. The summed E-state index contributed by atoms with van der Waals surface area (Å²) in [6, 6.07) is 22.1. The average Bonchev–Trinajstić information content (AvgIpc) is 3.18. The van der Waals surface area contributed by atoms with Crippen molar-refractivity contribution < 1.29 is 15.0 Å². The Kier molecular flexibility index (Phi) is 5.31. The minimum absolute atomic E-state index is 0.0530. The predicted molar refractivity (Wildman–Crippen MR) is 116 cm³/mol. The lowest BCUT2D eigenvalue weighted by atomic mass is 9.90. The molecule has 0 saturated carbocycles. The van der Waals surface area contributed by atoms with E-state index in [0.717, 1.165) is 16.7 Å². The molecule has 4 nitrogen and oxygen atoms in total. The van der Waals surface area contributed by atoms with Gasteiger partial charge in [0.25, 0.3) is 5.91 Å². The number of phenols is 1. The fourth-order valence-electron chi connectivity index (χ4n) is 3.69. The molecule has 2 N–H and O–H groups in total. The zero-order chi connectivity index (χ0) is 21.1. The van der Waals surface area contributed by atoms with Crippen LogP contribution in [0.1, 0.15) is 46.0 Å². The number of carbonyl (C=O) groups is 1. The molecule has 1 unspecified atom stereocenters. The molecule has 3 aromatic rings. The highest BCUT2D eigenvalue weighted by atomic mass is 16.3. The molecule has 4 heteroatoms. The lowest BCUT2D eigenvalue weighted by Gasteiger charge is -2.24. The van der Waals surface area contributed by atoms with Crippen molar-refractivity contribution in [1.29, 1.82) is 0 Å². The molecule has 0 spiro atoms. The molecule has 0 aromatic heterocycles. The van der Waals surface area contributed by atoms with E-state index < -0.39 is 5.60 Å². The number of hydrogen-bond acceptors (Lipinski definition) is 3. The van der Waals surface area contributed by atoms with Crippen LogP contribution in [0.5, 0.6) is 5.75 Å². The second-order valence-electron chi connectivity index (χ2n) is 7.78. The molecule has 0 saturated heterocycles. The summed E-state index contributed by atoms with van der Waals surface area (Å²) in [5, 5.41) is 21.3. The van der Waals surface area contributed by atoms with Crippen LogP contribution in [-0.4, -0.2) is 21.0 Å². The molecule has 1 heterocycles. The minimum atomic E-state index is -1.39. The maximum Gasteiger partial charge on any atom is 0.254 e. The summed E-state index contributed by atoms with van der Waals surface area (Å²) in [5.74, 6) is 5.81. The number of carbonyl (C=O) groups excluding carboxylic acids is 1. The third kappa shape index (κ3) is 4.07. The van der Waals surface area contributed by atoms with E-state index in [1.807, 2.05) is 54.6 Å². The molecule has 1 aliphatic heterocycles. The Labute approximate surface area is 176 Å². The van der Waals surface area contributed by atoms with Crippen LogP contribution in [0.15, 0.2) is 72.8 Å². The van der Waals surface area contributed by atoms with E-state index in [4.69, 9.17) is 0 Å². The van der Waals surface area contributed by atoms with Gasteiger partial charge in [-0.1, -0.05) is 54.3 Å². The number of nitrogens with zero attached hydrogens (tertiary/aromatic N) is 1. The van der Waals surface area contributed by atoms with Crippen LogP contribution in [0.4, 0.5) is 0 Å². The van der Waals surface area contributed by atoms with Crippen LogP contribution in [0, 0.1) is 11.8 Å². The number of hydrogen-bond donors (Lipinski definition) is 2. The second-order valence-corrected chi connectivity index (χ2v) is 7.78. The number of phenolic OH excluding ortho intramolecular Hbond substituents is 1. The van der Waals surface area contributed by atoms with Crippen molar-refractivity contribution >= 4 is 5.91 Å². The highest BCUT2D eigenvalue weighted by Gasteiger charge is 2.29. The summed E-state index contributed by atoms with van der Waals surface area (Å²) in [5.41, 5.74) is 2.49. The van der Waals surface area contributed by atoms with Crippen LogP contribution >= 0.6 is 0 Å². The molecule has 1 amide bonds. The molecule has 0 aliphatic carbocycles. The number of fused-ring (bicyclic) bond motifs is 1. The van der Waals surface area contributed by atoms with E-state index in [2.05, 4.69) is 11.8 Å². The van der Waals surface area contributed by atoms with Gasteiger partial charge in [0.15, 0.2) is 0 Å². The first-order chi connectivity index (χ1) is 14.4. The Morgan fingerprint density at radius 1 is 1.00 bits per heavy atom. The van der Waals surface area contributed by atoms with E-state index >= 15 is 0 Å². The monoisotopic (exact) mass is 397 g/mol. The molecule has 0 bridgehead atoms. The van der Waals surface area contributed by atoms with Gasteiger partial charge in [-0.25, -0.2) is 0 Å². The second kappa shape index (κ2) is 8.06. The summed E-state index contributed by atoms with van der Waals surface area (Å²) in [6.45, 7) is 2.72. The number of amides is 1. The van der Waals surface area contributed by atoms with Crippen LogP contribution in [0.2, 0.25) is 0 Å². The van der Waals surface area contributed by atoms with Crippen molar-refractivity contribution in [3.63, 3.8) is 0 Å². The van der Waals surface area contributed by atoms with Crippen molar-refractivity contribution in [3.8, 4) is 17.6 Å². The molecular formula is C26H23NO3. The van der Waals surface area contributed by atoms with E-state index in [9.17, 15) is 15.0 Å². The summed E-state index contributed by atoms with van der Waals surface area (Å²) < 4.78 is 0. The largest absolute Gasteiger partial charge is 0.508 e. The maximum absolute atomic E-state index is 13.0. The minimum Gasteiger partial charge on any atom is -0.508 e. The van der Waals surface area contributed by atoms with Gasteiger partial charge in [0.05, 0.1) is 0 Å². The van der Waals surface area contributed by atoms with E-state index in [1.165, 1.54) is 6.07 Å². The molecule has 30 heavy (non-hydrogen) atoms. The third-order valence-electron chi connectivity index (χ3n) is 5.39. The number of rotatable bonds is 3. The highest BCUT2D eigenvalue weighted by Crippen LogP contribution is 2.33. The third-order valence-corrected chi connectivity index (χ3v) is 5.39. The Morgan fingerprint density at radius 2 is 1.63 bits per heavy atom. The fourth-order valence-corrected chi connectivity index (χ4v) is 3.69. The van der Waals surface area contributed by atoms with Crippen molar-refractivity contribution in [2.75, 3.05) is 0 Å². The Morgan fingerprint density at radius 3 is 2.30 bits per heavy atom. The first kappa shape index (κ1) is 19.8. The van der Waals surface area contributed by atoms with Crippen LogP contribution in [0.3, 0.4) is 0 Å². The van der Waals surface area contributed by atoms with Gasteiger partial charge in [-0.15, -0.1) is 0 Å². The normalized spacial score (nSPS) is 14.4. The SMILES string of the molecule is CC(O)(CC#Cc1ccccc1)c1cc(C(=O)N2Cc3ccccc3C2)ccc1O. The van der Waals surface area contributed by atoms with Crippen LogP contribution in [-0.2, 0) is 18.7 Å². The quantitative estimate of drug-likeness (QED) is 0.652. The van der Waals surface area contributed by atoms with Gasteiger partial charge in [0.2, 0.25) is 0 Å². The van der Waals surface area contributed by atoms with Crippen molar-refractivity contribution in [3.05, 3.63) is 101 Å².